The number of benzene rings is 2. The first kappa shape index (κ1) is 15.1. The number of carbonyl (C=O) groups is 1. The quantitative estimate of drug-likeness (QED) is 0.837. The van der Waals surface area contributed by atoms with E-state index in [1.165, 1.54) is 0 Å². The van der Waals surface area contributed by atoms with Crippen LogP contribution in [0.15, 0.2) is 42.5 Å². The summed E-state index contributed by atoms with van der Waals surface area (Å²) in [5.74, 6) is 5.40. The van der Waals surface area contributed by atoms with E-state index in [4.69, 9.17) is 17.3 Å². The molecule has 0 atom stereocenters. The molecule has 21 heavy (non-hydrogen) atoms. The lowest BCUT2D eigenvalue weighted by Gasteiger charge is -2.09. The first-order chi connectivity index (χ1) is 10.1. The van der Waals surface area contributed by atoms with Gasteiger partial charge in [-0.2, -0.15) is 0 Å². The third-order valence-corrected chi connectivity index (χ3v) is 3.18. The summed E-state index contributed by atoms with van der Waals surface area (Å²) >= 11 is 6.13. The topological polar surface area (TPSA) is 55.1 Å². The van der Waals surface area contributed by atoms with E-state index in [1.54, 1.807) is 30.3 Å². The fourth-order valence-electron chi connectivity index (χ4n) is 1.85. The van der Waals surface area contributed by atoms with Crippen molar-refractivity contribution in [2.75, 3.05) is 11.9 Å². The monoisotopic (exact) mass is 298 g/mol. The molecule has 3 nitrogen and oxygen atoms in total. The van der Waals surface area contributed by atoms with Gasteiger partial charge in [0.25, 0.3) is 5.91 Å². The van der Waals surface area contributed by atoms with Crippen molar-refractivity contribution >= 4 is 23.2 Å². The van der Waals surface area contributed by atoms with Crippen LogP contribution in [0.1, 0.15) is 21.5 Å². The molecule has 0 aromatic heterocycles. The molecule has 3 N–H and O–H groups in total. The predicted molar refractivity (Wildman–Crippen MR) is 86.5 cm³/mol. The van der Waals surface area contributed by atoms with Gasteiger partial charge in [-0.3, -0.25) is 4.79 Å². The van der Waals surface area contributed by atoms with Crippen molar-refractivity contribution in [3.05, 3.63) is 64.2 Å². The number of amides is 1. The van der Waals surface area contributed by atoms with Crippen LogP contribution in [0.3, 0.4) is 0 Å². The number of nitrogens with two attached hydrogens (primary N) is 1. The molecule has 0 heterocycles. The van der Waals surface area contributed by atoms with Gasteiger partial charge < -0.3 is 11.1 Å². The van der Waals surface area contributed by atoms with E-state index in [1.807, 2.05) is 19.1 Å². The van der Waals surface area contributed by atoms with Crippen molar-refractivity contribution in [3.8, 4) is 11.8 Å². The normalized spacial score (nSPS) is 9.67. The van der Waals surface area contributed by atoms with Crippen LogP contribution in [0.4, 0.5) is 5.69 Å². The van der Waals surface area contributed by atoms with E-state index in [-0.39, 0.29) is 12.5 Å². The summed E-state index contributed by atoms with van der Waals surface area (Å²) in [4.78, 5) is 12.4. The van der Waals surface area contributed by atoms with Crippen molar-refractivity contribution in [2.24, 2.45) is 5.73 Å². The molecule has 2 aromatic carbocycles. The first-order valence-corrected chi connectivity index (χ1v) is 6.85. The number of rotatable bonds is 2. The van der Waals surface area contributed by atoms with Gasteiger partial charge in [0.05, 0.1) is 22.8 Å². The smallest absolute Gasteiger partial charge is 0.256 e. The Morgan fingerprint density at radius 2 is 2.05 bits per heavy atom. The van der Waals surface area contributed by atoms with Crippen molar-refractivity contribution in [3.63, 3.8) is 0 Å². The molecule has 0 unspecified atom stereocenters. The maximum atomic E-state index is 12.4. The Labute approximate surface area is 129 Å². The van der Waals surface area contributed by atoms with Gasteiger partial charge >= 0.3 is 0 Å². The Kier molecular flexibility index (Phi) is 4.99. The second-order valence-electron chi connectivity index (χ2n) is 4.49. The Balaban J connectivity index is 2.28. The zero-order valence-electron chi connectivity index (χ0n) is 11.6. The van der Waals surface area contributed by atoms with E-state index >= 15 is 0 Å². The molecule has 0 radical (unpaired) electrons. The fraction of sp³-hybridized carbons (Fsp3) is 0.118. The van der Waals surface area contributed by atoms with Gasteiger partial charge in [-0.05, 0) is 36.8 Å². The Hall–Kier alpha value is -2.28. The number of anilines is 1. The van der Waals surface area contributed by atoms with Crippen molar-refractivity contribution in [2.45, 2.75) is 6.92 Å². The van der Waals surface area contributed by atoms with Crippen LogP contribution in [0.2, 0.25) is 5.02 Å². The summed E-state index contributed by atoms with van der Waals surface area (Å²) in [5, 5.41) is 3.31. The molecule has 0 aliphatic heterocycles. The lowest BCUT2D eigenvalue weighted by molar-refractivity contribution is 0.102. The number of nitrogens with one attached hydrogen (secondary N) is 1. The van der Waals surface area contributed by atoms with Crippen LogP contribution in [0.5, 0.6) is 0 Å². The molecule has 2 rings (SSSR count). The molecule has 106 valence electrons. The molecule has 0 spiro atoms. The zero-order valence-corrected chi connectivity index (χ0v) is 12.4. The summed E-state index contributed by atoms with van der Waals surface area (Å²) in [6.07, 6.45) is 0. The van der Waals surface area contributed by atoms with Crippen molar-refractivity contribution in [1.82, 2.24) is 0 Å². The van der Waals surface area contributed by atoms with Crippen LogP contribution in [-0.2, 0) is 0 Å². The van der Waals surface area contributed by atoms with Gasteiger partial charge in [-0.1, -0.05) is 41.6 Å². The molecule has 0 saturated carbocycles. The molecule has 0 fully saturated rings. The lowest BCUT2D eigenvalue weighted by Crippen LogP contribution is -2.13. The molecule has 0 saturated heterocycles. The number of aryl methyl sites for hydroxylation is 1. The van der Waals surface area contributed by atoms with Gasteiger partial charge in [0, 0.05) is 5.56 Å². The third kappa shape index (κ3) is 3.85. The summed E-state index contributed by atoms with van der Waals surface area (Å²) in [6, 6.07) is 12.6. The minimum Gasteiger partial charge on any atom is -0.321 e. The fourth-order valence-corrected chi connectivity index (χ4v) is 2.13. The molecule has 4 heteroatoms. The summed E-state index contributed by atoms with van der Waals surface area (Å²) < 4.78 is 0. The van der Waals surface area contributed by atoms with Crippen molar-refractivity contribution < 1.29 is 4.79 Å². The summed E-state index contributed by atoms with van der Waals surface area (Å²) in [6.45, 7) is 2.19. The molecule has 0 aliphatic rings. The highest BCUT2D eigenvalue weighted by Crippen LogP contribution is 2.23. The van der Waals surface area contributed by atoms with Crippen LogP contribution < -0.4 is 11.1 Å². The maximum absolute atomic E-state index is 12.4. The van der Waals surface area contributed by atoms with E-state index < -0.39 is 0 Å². The Bertz CT molecular complexity index is 729. The standard InChI is InChI=1S/C17H15ClN2O/c1-12-8-9-16(15(18)11-12)20-17(21)14-7-3-2-5-13(14)6-4-10-19/h2-3,5,7-9,11H,10,19H2,1H3,(H,20,21). The van der Waals surface area contributed by atoms with E-state index in [0.29, 0.717) is 21.8 Å². The van der Waals surface area contributed by atoms with E-state index in [0.717, 1.165) is 5.56 Å². The van der Waals surface area contributed by atoms with Crippen LogP contribution in [0.25, 0.3) is 0 Å². The van der Waals surface area contributed by atoms with Crippen molar-refractivity contribution in [1.29, 1.82) is 0 Å². The number of halogens is 1. The van der Waals surface area contributed by atoms with Gasteiger partial charge in [0.15, 0.2) is 0 Å². The third-order valence-electron chi connectivity index (χ3n) is 2.87. The van der Waals surface area contributed by atoms with E-state index in [9.17, 15) is 4.79 Å². The van der Waals surface area contributed by atoms with E-state index in [2.05, 4.69) is 17.2 Å². The van der Waals surface area contributed by atoms with Crippen LogP contribution >= 0.6 is 11.6 Å². The maximum Gasteiger partial charge on any atom is 0.256 e. The predicted octanol–water partition coefficient (Wildman–Crippen LogP) is 3.21. The average molecular weight is 299 g/mol. The summed E-state index contributed by atoms with van der Waals surface area (Å²) in [7, 11) is 0. The van der Waals surface area contributed by atoms with Gasteiger partial charge in [0.1, 0.15) is 0 Å². The van der Waals surface area contributed by atoms with Gasteiger partial charge in [-0.15, -0.1) is 0 Å². The number of carbonyl (C=O) groups excluding carboxylic acids is 1. The van der Waals surface area contributed by atoms with Gasteiger partial charge in [-0.25, -0.2) is 0 Å². The summed E-state index contributed by atoms with van der Waals surface area (Å²) in [5.41, 5.74) is 8.12. The number of hydrogen-bond donors (Lipinski definition) is 2. The second-order valence-corrected chi connectivity index (χ2v) is 4.90. The highest BCUT2D eigenvalue weighted by atomic mass is 35.5. The second kappa shape index (κ2) is 6.94. The molecular formula is C17H15ClN2O. The number of hydrogen-bond acceptors (Lipinski definition) is 2. The minimum absolute atomic E-state index is 0.248. The largest absolute Gasteiger partial charge is 0.321 e. The highest BCUT2D eigenvalue weighted by molar-refractivity contribution is 6.34. The Morgan fingerprint density at radius 1 is 1.29 bits per heavy atom. The molecule has 1 amide bonds. The SMILES string of the molecule is Cc1ccc(NC(=O)c2ccccc2C#CCN)c(Cl)c1. The van der Waals surface area contributed by atoms with Crippen LogP contribution in [0, 0.1) is 18.8 Å². The molecular weight excluding hydrogens is 284 g/mol. The molecule has 0 bridgehead atoms. The lowest BCUT2D eigenvalue weighted by atomic mass is 10.1. The van der Waals surface area contributed by atoms with Crippen LogP contribution in [-0.4, -0.2) is 12.5 Å². The van der Waals surface area contributed by atoms with Gasteiger partial charge in [0.2, 0.25) is 0 Å². The first-order valence-electron chi connectivity index (χ1n) is 6.47. The molecule has 0 aliphatic carbocycles. The Morgan fingerprint density at radius 3 is 2.76 bits per heavy atom. The zero-order chi connectivity index (χ0) is 15.2. The highest BCUT2D eigenvalue weighted by Gasteiger charge is 2.11. The minimum atomic E-state index is -0.248. The molecule has 2 aromatic rings. The average Bonchev–Trinajstić information content (AvgIpc) is 2.48.